The van der Waals surface area contributed by atoms with Gasteiger partial charge in [-0.1, -0.05) is 59.6 Å². The zero-order chi connectivity index (χ0) is 45.1. The summed E-state index contributed by atoms with van der Waals surface area (Å²) in [6.45, 7) is 5.70. The molecule has 62 heavy (non-hydrogen) atoms. The summed E-state index contributed by atoms with van der Waals surface area (Å²) in [7, 11) is 0. The van der Waals surface area contributed by atoms with Crippen LogP contribution in [-0.4, -0.2) is 47.3 Å². The Kier molecular flexibility index (Phi) is 16.2. The van der Waals surface area contributed by atoms with Gasteiger partial charge in [0.25, 0.3) is 23.6 Å². The fourth-order valence-corrected chi connectivity index (χ4v) is 6.52. The van der Waals surface area contributed by atoms with Crippen LogP contribution in [0.15, 0.2) is 118 Å². The van der Waals surface area contributed by atoms with Crippen LogP contribution in [0.25, 0.3) is 0 Å². The maximum atomic E-state index is 13.4. The molecule has 4 amide bonds. The molecule has 0 saturated carbocycles. The van der Waals surface area contributed by atoms with Crippen molar-refractivity contribution < 1.29 is 28.8 Å². The summed E-state index contributed by atoms with van der Waals surface area (Å²) in [4.78, 5) is 78.0. The van der Waals surface area contributed by atoms with Gasteiger partial charge in [0.15, 0.2) is 11.6 Å². The number of rotatable bonds is 16. The number of hydrogen-bond donors (Lipinski definition) is 4. The molecule has 0 fully saturated rings. The monoisotopic (exact) mass is 914 g/mol. The summed E-state index contributed by atoms with van der Waals surface area (Å²) in [5.41, 5.74) is 4.72. The summed E-state index contributed by atoms with van der Waals surface area (Å²) < 4.78 is 0. The second-order valence-electron chi connectivity index (χ2n) is 13.7. The van der Waals surface area contributed by atoms with Crippen molar-refractivity contribution in [3.05, 3.63) is 140 Å². The number of anilines is 4. The van der Waals surface area contributed by atoms with Gasteiger partial charge >= 0.3 is 0 Å². The third kappa shape index (κ3) is 11.7. The SMILES string of the molecule is CC(=O)C(N=Nc1cccc(C(=O)Nc2ccc(CCl)cc2)c1Cl)C(=O)Nc1ccc(NC(=O)C(N=Nc2cccc(C(=O)Nc3ccc(CCl)cc3)c2Cl)C(C)=O)c(C)c1C. The normalized spacial score (nSPS) is 12.1. The van der Waals surface area contributed by atoms with E-state index in [1.807, 2.05) is 0 Å². The number of azo groups is 2. The van der Waals surface area contributed by atoms with Gasteiger partial charge in [0.1, 0.15) is 11.4 Å². The minimum Gasteiger partial charge on any atom is -0.324 e. The molecule has 318 valence electrons. The first-order valence-electron chi connectivity index (χ1n) is 18.7. The fraction of sp³-hybridized carbons (Fsp3) is 0.182. The van der Waals surface area contributed by atoms with E-state index in [4.69, 9.17) is 46.4 Å². The van der Waals surface area contributed by atoms with E-state index in [9.17, 15) is 28.8 Å². The lowest BCUT2D eigenvalue weighted by atomic mass is 10.0. The van der Waals surface area contributed by atoms with Crippen LogP contribution in [0.5, 0.6) is 0 Å². The molecule has 2 atom stereocenters. The molecule has 2 unspecified atom stereocenters. The Bertz CT molecular complexity index is 2420. The number of nitrogens with one attached hydrogen (secondary N) is 4. The summed E-state index contributed by atoms with van der Waals surface area (Å²) in [5.74, 6) is -3.23. The van der Waals surface area contributed by atoms with Crippen LogP contribution >= 0.6 is 46.4 Å². The molecule has 0 aliphatic heterocycles. The maximum absolute atomic E-state index is 13.4. The van der Waals surface area contributed by atoms with E-state index in [0.717, 1.165) is 11.1 Å². The van der Waals surface area contributed by atoms with E-state index in [1.54, 1.807) is 62.4 Å². The molecular formula is C44H38Cl4N8O6. The number of Topliss-reactive ketones (excluding diaryl/α,β-unsaturated/α-hetero) is 2. The third-order valence-corrected chi connectivity index (χ3v) is 10.7. The standard InChI is InChI=1S/C44H38Cl4N8O6/c1-23-24(2)34(52-44(62)40(26(4)58)56-54-36-10-6-8-32(38(36)48)42(60)50-30-17-13-28(22-46)14-18-30)20-19-33(23)51-43(61)39(25(3)57)55-53-35-9-5-7-31(37(35)47)41(59)49-29-15-11-27(21-45)12-16-29/h5-20,39-40H,21-22H2,1-4H3,(H,49,59)(H,50,60)(H,51,61)(H,52,62). The summed E-state index contributed by atoms with van der Waals surface area (Å²) in [6.07, 6.45) is 0. The van der Waals surface area contributed by atoms with Crippen LogP contribution in [0.4, 0.5) is 34.1 Å². The highest BCUT2D eigenvalue weighted by Crippen LogP contribution is 2.32. The van der Waals surface area contributed by atoms with Gasteiger partial charge < -0.3 is 21.3 Å². The smallest absolute Gasteiger partial charge is 0.258 e. The Morgan fingerprint density at radius 1 is 0.516 bits per heavy atom. The van der Waals surface area contributed by atoms with E-state index in [1.165, 1.54) is 62.4 Å². The predicted octanol–water partition coefficient (Wildman–Crippen LogP) is 11.0. The van der Waals surface area contributed by atoms with Crippen molar-refractivity contribution in [1.29, 1.82) is 0 Å². The van der Waals surface area contributed by atoms with Crippen molar-refractivity contribution in [3.63, 3.8) is 0 Å². The minimum absolute atomic E-state index is 0.0461. The van der Waals surface area contributed by atoms with Crippen molar-refractivity contribution in [3.8, 4) is 0 Å². The highest BCUT2D eigenvalue weighted by atomic mass is 35.5. The minimum atomic E-state index is -1.58. The van der Waals surface area contributed by atoms with Gasteiger partial charge in [-0.15, -0.1) is 23.2 Å². The summed E-state index contributed by atoms with van der Waals surface area (Å²) in [6, 6.07) is 22.7. The van der Waals surface area contributed by atoms with Gasteiger partial charge in [0.2, 0.25) is 12.1 Å². The summed E-state index contributed by atoms with van der Waals surface area (Å²) >= 11 is 24.7. The highest BCUT2D eigenvalue weighted by molar-refractivity contribution is 6.37. The predicted molar refractivity (Wildman–Crippen MR) is 242 cm³/mol. The lowest BCUT2D eigenvalue weighted by Crippen LogP contribution is -2.33. The number of carbonyl (C=O) groups excluding carboxylic acids is 6. The highest BCUT2D eigenvalue weighted by Gasteiger charge is 2.27. The molecule has 0 spiro atoms. The molecule has 5 rings (SSSR count). The van der Waals surface area contributed by atoms with Crippen LogP contribution < -0.4 is 21.3 Å². The molecular weight excluding hydrogens is 878 g/mol. The van der Waals surface area contributed by atoms with Gasteiger partial charge in [-0.05, 0) is 111 Å². The topological polar surface area (TPSA) is 200 Å². The molecule has 5 aromatic carbocycles. The number of benzene rings is 5. The van der Waals surface area contributed by atoms with Gasteiger partial charge in [-0.2, -0.15) is 20.5 Å². The van der Waals surface area contributed by atoms with E-state index < -0.39 is 47.3 Å². The lowest BCUT2D eigenvalue weighted by Gasteiger charge is -2.17. The molecule has 18 heteroatoms. The summed E-state index contributed by atoms with van der Waals surface area (Å²) in [5, 5.41) is 26.8. The molecule has 14 nitrogen and oxygen atoms in total. The molecule has 0 aliphatic carbocycles. The van der Waals surface area contributed by atoms with Gasteiger partial charge in [-0.25, -0.2) is 0 Å². The van der Waals surface area contributed by atoms with Crippen molar-refractivity contribution in [1.82, 2.24) is 0 Å². The number of ketones is 2. The number of hydrogen-bond acceptors (Lipinski definition) is 10. The first-order chi connectivity index (χ1) is 29.6. The number of nitrogens with zero attached hydrogens (tertiary/aromatic N) is 4. The van der Waals surface area contributed by atoms with Crippen molar-refractivity contribution in [2.75, 3.05) is 21.3 Å². The van der Waals surface area contributed by atoms with Crippen molar-refractivity contribution in [2.24, 2.45) is 20.5 Å². The van der Waals surface area contributed by atoms with E-state index >= 15 is 0 Å². The third-order valence-electron chi connectivity index (χ3n) is 9.31. The van der Waals surface area contributed by atoms with Crippen LogP contribution in [-0.2, 0) is 30.9 Å². The molecule has 0 aromatic heterocycles. The van der Waals surface area contributed by atoms with Crippen LogP contribution in [0.1, 0.15) is 56.8 Å². The van der Waals surface area contributed by atoms with Crippen molar-refractivity contribution >= 4 is 116 Å². The number of alkyl halides is 2. The quantitative estimate of drug-likeness (QED) is 0.0431. The molecule has 0 aliphatic rings. The number of amides is 4. The lowest BCUT2D eigenvalue weighted by molar-refractivity contribution is -0.127. The first kappa shape index (κ1) is 46.7. The first-order valence-corrected chi connectivity index (χ1v) is 20.5. The van der Waals surface area contributed by atoms with E-state index in [0.29, 0.717) is 45.6 Å². The van der Waals surface area contributed by atoms with Crippen molar-refractivity contribution in [2.45, 2.75) is 51.5 Å². The zero-order valence-corrected chi connectivity index (χ0v) is 36.6. The van der Waals surface area contributed by atoms with Gasteiger partial charge in [0, 0.05) is 34.5 Å². The molecule has 5 aromatic rings. The number of carbonyl (C=O) groups is 6. The Hall–Kier alpha value is -6.32. The molecule has 0 radical (unpaired) electrons. The largest absolute Gasteiger partial charge is 0.324 e. The molecule has 0 saturated heterocycles. The molecule has 4 N–H and O–H groups in total. The zero-order valence-electron chi connectivity index (χ0n) is 33.6. The Balaban J connectivity index is 1.25. The molecule has 0 heterocycles. The second-order valence-corrected chi connectivity index (χ2v) is 15.0. The Morgan fingerprint density at radius 2 is 0.871 bits per heavy atom. The van der Waals surface area contributed by atoms with E-state index in [-0.39, 0.29) is 32.5 Å². The van der Waals surface area contributed by atoms with Crippen LogP contribution in [0.3, 0.4) is 0 Å². The maximum Gasteiger partial charge on any atom is 0.258 e. The average molecular weight is 917 g/mol. The van der Waals surface area contributed by atoms with E-state index in [2.05, 4.69) is 41.7 Å². The Labute approximate surface area is 376 Å². The Morgan fingerprint density at radius 3 is 1.19 bits per heavy atom. The van der Waals surface area contributed by atoms with Gasteiger partial charge in [-0.3, -0.25) is 28.8 Å². The van der Waals surface area contributed by atoms with Crippen LogP contribution in [0, 0.1) is 13.8 Å². The second kappa shape index (κ2) is 21.5. The van der Waals surface area contributed by atoms with Crippen LogP contribution in [0.2, 0.25) is 10.0 Å². The fourth-order valence-electron chi connectivity index (χ4n) is 5.67. The average Bonchev–Trinajstić information content (AvgIpc) is 3.25. The number of halogens is 4. The molecule has 0 bridgehead atoms. The van der Waals surface area contributed by atoms with Gasteiger partial charge in [0.05, 0.1) is 21.2 Å².